The predicted octanol–water partition coefficient (Wildman–Crippen LogP) is 2.14. The van der Waals surface area contributed by atoms with Gasteiger partial charge in [-0.2, -0.15) is 0 Å². The lowest BCUT2D eigenvalue weighted by Crippen LogP contribution is -2.45. The molecule has 1 aliphatic heterocycles. The molecule has 1 aliphatic carbocycles. The number of aliphatic hydroxyl groups is 2. The summed E-state index contributed by atoms with van der Waals surface area (Å²) in [6, 6.07) is 13.1. The van der Waals surface area contributed by atoms with Crippen molar-refractivity contribution in [2.24, 2.45) is 0 Å². The third-order valence-corrected chi connectivity index (χ3v) is 7.29. The van der Waals surface area contributed by atoms with Gasteiger partial charge in [0.15, 0.2) is 0 Å². The van der Waals surface area contributed by atoms with Crippen molar-refractivity contribution in [1.29, 1.82) is 0 Å². The summed E-state index contributed by atoms with van der Waals surface area (Å²) < 4.78 is 6.43. The Labute approximate surface area is 184 Å². The van der Waals surface area contributed by atoms with Crippen LogP contribution in [0.1, 0.15) is 27.6 Å². The highest BCUT2D eigenvalue weighted by Crippen LogP contribution is 2.36. The summed E-state index contributed by atoms with van der Waals surface area (Å²) >= 11 is 1.42. The van der Waals surface area contributed by atoms with E-state index in [1.165, 1.54) is 11.3 Å². The Bertz CT molecular complexity index is 1030. The fourth-order valence-corrected chi connectivity index (χ4v) is 5.43. The molecule has 2 fully saturated rings. The van der Waals surface area contributed by atoms with E-state index in [0.717, 1.165) is 34.6 Å². The highest BCUT2D eigenvalue weighted by molar-refractivity contribution is 7.20. The van der Waals surface area contributed by atoms with Crippen LogP contribution in [0.4, 0.5) is 5.82 Å². The molecule has 31 heavy (non-hydrogen) atoms. The zero-order valence-electron chi connectivity index (χ0n) is 17.0. The second kappa shape index (κ2) is 8.55. The summed E-state index contributed by atoms with van der Waals surface area (Å²) in [4.78, 5) is 20.3. The van der Waals surface area contributed by atoms with E-state index in [-0.39, 0.29) is 11.8 Å². The van der Waals surface area contributed by atoms with Gasteiger partial charge in [-0.25, -0.2) is 4.98 Å². The van der Waals surface area contributed by atoms with Gasteiger partial charge in [0.25, 0.3) is 5.91 Å². The molecule has 7 nitrogen and oxygen atoms in total. The highest BCUT2D eigenvalue weighted by atomic mass is 32.1. The molecule has 162 valence electrons. The van der Waals surface area contributed by atoms with Crippen LogP contribution in [-0.4, -0.2) is 65.7 Å². The van der Waals surface area contributed by atoms with E-state index < -0.39 is 18.2 Å². The van der Waals surface area contributed by atoms with Gasteiger partial charge in [-0.3, -0.25) is 4.79 Å². The number of nitrogens with zero attached hydrogens (tertiary/aromatic N) is 2. The molecule has 3 heterocycles. The largest absolute Gasteiger partial charge is 0.390 e. The number of hydrogen-bond donors (Lipinski definition) is 3. The molecular formula is C23H25N3O4S. The first-order valence-electron chi connectivity index (χ1n) is 10.5. The number of anilines is 1. The van der Waals surface area contributed by atoms with E-state index >= 15 is 0 Å². The molecule has 2 aromatic heterocycles. The average Bonchev–Trinajstić information content (AvgIpc) is 3.37. The van der Waals surface area contributed by atoms with Crippen LogP contribution >= 0.6 is 11.3 Å². The van der Waals surface area contributed by atoms with E-state index in [1.807, 2.05) is 42.5 Å². The number of pyridine rings is 1. The number of amides is 1. The summed E-state index contributed by atoms with van der Waals surface area (Å²) in [5.41, 5.74) is 0.897. The lowest BCUT2D eigenvalue weighted by molar-refractivity contribution is 0.0295. The molecule has 5 rings (SSSR count). The number of benzene rings is 1. The minimum atomic E-state index is -1.03. The fraction of sp³-hybridized carbons (Fsp3) is 0.391. The number of morpholine rings is 1. The second-order valence-electron chi connectivity index (χ2n) is 8.10. The maximum atomic E-state index is 12.9. The third kappa shape index (κ3) is 4.04. The van der Waals surface area contributed by atoms with Crippen LogP contribution in [0.2, 0.25) is 0 Å². The molecule has 0 bridgehead atoms. The van der Waals surface area contributed by atoms with Crippen molar-refractivity contribution in [2.45, 2.75) is 30.6 Å². The van der Waals surface area contributed by atoms with Crippen molar-refractivity contribution in [2.75, 3.05) is 31.2 Å². The molecule has 1 saturated carbocycles. The van der Waals surface area contributed by atoms with Gasteiger partial charge in [-0.05, 0) is 35.6 Å². The van der Waals surface area contributed by atoms with Crippen molar-refractivity contribution in [3.8, 4) is 0 Å². The van der Waals surface area contributed by atoms with Crippen molar-refractivity contribution in [1.82, 2.24) is 10.3 Å². The topological polar surface area (TPSA) is 94.9 Å². The van der Waals surface area contributed by atoms with Crippen molar-refractivity contribution in [3.05, 3.63) is 59.1 Å². The first kappa shape index (κ1) is 20.4. The number of rotatable bonds is 4. The molecule has 3 aromatic rings. The van der Waals surface area contributed by atoms with Gasteiger partial charge in [0.1, 0.15) is 11.9 Å². The van der Waals surface area contributed by atoms with Crippen molar-refractivity contribution >= 4 is 33.1 Å². The van der Waals surface area contributed by atoms with Gasteiger partial charge in [0.05, 0.1) is 30.2 Å². The first-order valence-corrected chi connectivity index (χ1v) is 11.4. The van der Waals surface area contributed by atoms with Gasteiger partial charge in [-0.1, -0.05) is 24.3 Å². The summed E-state index contributed by atoms with van der Waals surface area (Å²) in [7, 11) is 0. The Kier molecular flexibility index (Phi) is 5.62. The van der Waals surface area contributed by atoms with Crippen LogP contribution in [0, 0.1) is 0 Å². The van der Waals surface area contributed by atoms with E-state index in [0.29, 0.717) is 24.5 Å². The molecule has 2 aliphatic rings. The molecule has 0 unspecified atom stereocenters. The lowest BCUT2D eigenvalue weighted by atomic mass is 9.94. The predicted molar refractivity (Wildman–Crippen MR) is 120 cm³/mol. The highest BCUT2D eigenvalue weighted by Gasteiger charge is 2.43. The molecule has 8 heteroatoms. The summed E-state index contributed by atoms with van der Waals surface area (Å²) in [6.07, 6.45) is 0.245. The molecule has 4 atom stereocenters. The molecule has 0 spiro atoms. The Morgan fingerprint density at radius 1 is 1.16 bits per heavy atom. The Morgan fingerprint density at radius 2 is 1.97 bits per heavy atom. The Balaban J connectivity index is 1.34. The molecule has 3 N–H and O–H groups in total. The number of aromatic nitrogens is 1. The molecule has 1 saturated heterocycles. The van der Waals surface area contributed by atoms with Gasteiger partial charge in [0, 0.05) is 29.9 Å². The standard InChI is InChI=1S/C23H25N3O4S/c27-17-12-16(15-5-6-20(24-13-15)26-7-9-30-10-8-26)21(22(17)28)25-23(29)19-11-14-3-1-2-4-18(14)31-19/h1-6,11,13,16-17,21-22,27-28H,7-10,12H2,(H,25,29)/t16-,17-,21-,22-/m1/s1. The minimum Gasteiger partial charge on any atom is -0.390 e. The number of nitrogens with one attached hydrogen (secondary N) is 1. The zero-order valence-corrected chi connectivity index (χ0v) is 17.8. The summed E-state index contributed by atoms with van der Waals surface area (Å²) in [5, 5.41) is 24.9. The molecule has 0 radical (unpaired) electrons. The number of ether oxygens (including phenoxy) is 1. The SMILES string of the molecule is O=C(N[C@H]1[C@H](O)[C@H](O)C[C@@H]1c1ccc(N2CCOCC2)nc1)c1cc2ccccc2s1. The van der Waals surface area contributed by atoms with Crippen LogP contribution in [-0.2, 0) is 4.74 Å². The summed E-state index contributed by atoms with van der Waals surface area (Å²) in [5.74, 6) is 0.439. The number of carbonyl (C=O) groups excluding carboxylic acids is 1. The van der Waals surface area contributed by atoms with Crippen LogP contribution in [0.3, 0.4) is 0 Å². The Hall–Kier alpha value is -2.52. The number of aliphatic hydroxyl groups excluding tert-OH is 2. The van der Waals surface area contributed by atoms with Crippen molar-refractivity contribution < 1.29 is 19.7 Å². The number of thiophene rings is 1. The Morgan fingerprint density at radius 3 is 2.71 bits per heavy atom. The van der Waals surface area contributed by atoms with Gasteiger partial charge < -0.3 is 25.2 Å². The van der Waals surface area contributed by atoms with E-state index in [2.05, 4.69) is 15.2 Å². The van der Waals surface area contributed by atoms with E-state index in [9.17, 15) is 15.0 Å². The maximum Gasteiger partial charge on any atom is 0.261 e. The minimum absolute atomic E-state index is 0.213. The molecular weight excluding hydrogens is 414 g/mol. The van der Waals surface area contributed by atoms with E-state index in [4.69, 9.17) is 4.74 Å². The van der Waals surface area contributed by atoms with Gasteiger partial charge in [-0.15, -0.1) is 11.3 Å². The zero-order chi connectivity index (χ0) is 21.4. The average molecular weight is 440 g/mol. The quantitative estimate of drug-likeness (QED) is 0.577. The lowest BCUT2D eigenvalue weighted by Gasteiger charge is -2.28. The second-order valence-corrected chi connectivity index (χ2v) is 9.18. The monoisotopic (exact) mass is 439 g/mol. The summed E-state index contributed by atoms with van der Waals surface area (Å²) in [6.45, 7) is 2.99. The number of hydrogen-bond acceptors (Lipinski definition) is 7. The van der Waals surface area contributed by atoms with Crippen LogP contribution < -0.4 is 10.2 Å². The number of fused-ring (bicyclic) bond motifs is 1. The normalized spacial score (nSPS) is 26.3. The van der Waals surface area contributed by atoms with Gasteiger partial charge in [0.2, 0.25) is 0 Å². The van der Waals surface area contributed by atoms with Crippen LogP contribution in [0.15, 0.2) is 48.7 Å². The van der Waals surface area contributed by atoms with Crippen molar-refractivity contribution in [3.63, 3.8) is 0 Å². The molecule has 1 aromatic carbocycles. The van der Waals surface area contributed by atoms with Crippen LogP contribution in [0.25, 0.3) is 10.1 Å². The molecule has 1 amide bonds. The van der Waals surface area contributed by atoms with Gasteiger partial charge >= 0.3 is 0 Å². The fourth-order valence-electron chi connectivity index (χ4n) is 4.47. The van der Waals surface area contributed by atoms with E-state index in [1.54, 1.807) is 6.20 Å². The smallest absolute Gasteiger partial charge is 0.261 e. The number of carbonyl (C=O) groups is 1. The third-order valence-electron chi connectivity index (χ3n) is 6.17. The van der Waals surface area contributed by atoms with Crippen LogP contribution in [0.5, 0.6) is 0 Å². The first-order chi connectivity index (χ1) is 15.1. The maximum absolute atomic E-state index is 12.9.